The number of fused-ring (bicyclic) bond motifs is 1. The van der Waals surface area contributed by atoms with Crippen LogP contribution in [0.1, 0.15) is 39.1 Å². The third kappa shape index (κ3) is 4.30. The Morgan fingerprint density at radius 3 is 2.23 bits per heavy atom. The second kappa shape index (κ2) is 7.60. The smallest absolute Gasteiger partial charge is 0.426 e. The predicted molar refractivity (Wildman–Crippen MR) is 92.2 cm³/mol. The first-order valence-electron chi connectivity index (χ1n) is 8.32. The Balaban J connectivity index is 1.74. The summed E-state index contributed by atoms with van der Waals surface area (Å²) >= 11 is -0.419. The Kier molecular flexibility index (Phi) is 5.61. The highest BCUT2D eigenvalue weighted by Crippen LogP contribution is 2.54. The highest BCUT2D eigenvalue weighted by molar-refractivity contribution is 8.00. The largest absolute Gasteiger partial charge is 0.475 e. The van der Waals surface area contributed by atoms with Crippen molar-refractivity contribution in [2.45, 2.75) is 35.3 Å². The SMILES string of the molecule is O=C(CCC(=O)c1ccccc1C(F)(F)F)c1ccc2c(c1)OC(F)(F)C(F)(F)S2. The number of carbonyl (C=O) groups excluding carboxylic acids is 2. The normalized spacial score (nSPS) is 17.0. The molecule has 0 unspecified atom stereocenters. The highest BCUT2D eigenvalue weighted by atomic mass is 32.2. The lowest BCUT2D eigenvalue weighted by Crippen LogP contribution is -2.45. The molecule has 30 heavy (non-hydrogen) atoms. The molecular formula is C19H11F7O3S. The Bertz CT molecular complexity index is 1000. The summed E-state index contributed by atoms with van der Waals surface area (Å²) < 4.78 is 96.4. The van der Waals surface area contributed by atoms with Crippen LogP contribution in [0.25, 0.3) is 0 Å². The van der Waals surface area contributed by atoms with Crippen LogP contribution < -0.4 is 4.74 Å². The maximum absolute atomic E-state index is 13.4. The van der Waals surface area contributed by atoms with Gasteiger partial charge in [-0.15, -0.1) is 0 Å². The zero-order valence-corrected chi connectivity index (χ0v) is 15.6. The van der Waals surface area contributed by atoms with E-state index < -0.39 is 70.6 Å². The molecule has 2 aromatic carbocycles. The quantitative estimate of drug-likeness (QED) is 0.399. The van der Waals surface area contributed by atoms with Gasteiger partial charge in [0.1, 0.15) is 5.75 Å². The van der Waals surface area contributed by atoms with E-state index in [1.807, 2.05) is 0 Å². The molecule has 0 aromatic heterocycles. The maximum Gasteiger partial charge on any atom is 0.475 e. The number of ketones is 2. The third-order valence-corrected chi connectivity index (χ3v) is 5.24. The third-order valence-electron chi connectivity index (χ3n) is 4.19. The van der Waals surface area contributed by atoms with Crippen LogP contribution in [0, 0.1) is 0 Å². The van der Waals surface area contributed by atoms with Crippen molar-refractivity contribution in [3.63, 3.8) is 0 Å². The second-order valence-corrected chi connectivity index (χ2v) is 7.45. The minimum Gasteiger partial charge on any atom is -0.426 e. The van der Waals surface area contributed by atoms with Gasteiger partial charge in [-0.2, -0.15) is 30.7 Å². The van der Waals surface area contributed by atoms with E-state index in [-0.39, 0.29) is 10.5 Å². The molecule has 0 saturated heterocycles. The fourth-order valence-electron chi connectivity index (χ4n) is 2.72. The predicted octanol–water partition coefficient (Wildman–Crippen LogP) is 6.22. The number of carbonyl (C=O) groups is 2. The molecule has 0 saturated carbocycles. The van der Waals surface area contributed by atoms with Gasteiger partial charge in [-0.3, -0.25) is 9.59 Å². The molecule has 0 bridgehead atoms. The second-order valence-electron chi connectivity index (χ2n) is 6.29. The van der Waals surface area contributed by atoms with Crippen LogP contribution in [0.15, 0.2) is 47.4 Å². The van der Waals surface area contributed by atoms with Crippen LogP contribution in [-0.2, 0) is 6.18 Å². The van der Waals surface area contributed by atoms with E-state index in [0.717, 1.165) is 36.4 Å². The molecule has 0 amide bonds. The summed E-state index contributed by atoms with van der Waals surface area (Å²) in [6, 6.07) is 7.02. The number of thioether (sulfide) groups is 1. The first-order valence-corrected chi connectivity index (χ1v) is 9.14. The zero-order valence-electron chi connectivity index (χ0n) is 14.7. The number of Topliss-reactive ketones (excluding diaryl/α,β-unsaturated/α-hetero) is 2. The van der Waals surface area contributed by atoms with Crippen molar-refractivity contribution in [1.29, 1.82) is 0 Å². The standard InChI is InChI=1S/C19H11F7O3S/c20-17(21,22)12-4-2-1-3-11(12)14(28)7-6-13(27)10-5-8-16-15(9-10)29-18(23,24)19(25,26)30-16/h1-5,8-9H,6-7H2. The molecule has 1 heterocycles. The number of ether oxygens (including phenoxy) is 1. The van der Waals surface area contributed by atoms with Crippen LogP contribution in [0.5, 0.6) is 5.75 Å². The number of alkyl halides is 7. The Hall–Kier alpha value is -2.56. The summed E-state index contributed by atoms with van der Waals surface area (Å²) in [5.41, 5.74) is -1.93. The number of hydrogen-bond donors (Lipinski definition) is 0. The van der Waals surface area contributed by atoms with E-state index in [4.69, 9.17) is 0 Å². The average Bonchev–Trinajstić information content (AvgIpc) is 2.65. The molecule has 0 N–H and O–H groups in total. The van der Waals surface area contributed by atoms with Gasteiger partial charge >= 0.3 is 17.5 Å². The molecule has 0 spiro atoms. The van der Waals surface area contributed by atoms with Gasteiger partial charge in [-0.1, -0.05) is 24.3 Å². The van der Waals surface area contributed by atoms with Gasteiger partial charge < -0.3 is 4.74 Å². The van der Waals surface area contributed by atoms with E-state index in [9.17, 15) is 40.3 Å². The van der Waals surface area contributed by atoms with Crippen molar-refractivity contribution >= 4 is 23.3 Å². The maximum atomic E-state index is 13.4. The van der Waals surface area contributed by atoms with Crippen LogP contribution >= 0.6 is 11.8 Å². The lowest BCUT2D eigenvalue weighted by atomic mass is 9.98. The fourth-order valence-corrected chi connectivity index (χ4v) is 3.49. The minimum absolute atomic E-state index is 0.202. The van der Waals surface area contributed by atoms with Crippen LogP contribution in [0.3, 0.4) is 0 Å². The molecular weight excluding hydrogens is 441 g/mol. The summed E-state index contributed by atoms with van der Waals surface area (Å²) in [4.78, 5) is 24.1. The van der Waals surface area contributed by atoms with Crippen molar-refractivity contribution in [1.82, 2.24) is 0 Å². The average molecular weight is 452 g/mol. The van der Waals surface area contributed by atoms with Crippen molar-refractivity contribution in [2.75, 3.05) is 0 Å². The van der Waals surface area contributed by atoms with E-state index in [1.54, 1.807) is 0 Å². The van der Waals surface area contributed by atoms with Crippen molar-refractivity contribution in [3.05, 3.63) is 59.2 Å². The summed E-state index contributed by atoms with van der Waals surface area (Å²) in [6.07, 6.45) is -10.6. The Morgan fingerprint density at radius 1 is 0.933 bits per heavy atom. The van der Waals surface area contributed by atoms with Gasteiger partial charge in [0, 0.05) is 24.0 Å². The molecule has 3 rings (SSSR count). The first-order chi connectivity index (χ1) is 13.8. The van der Waals surface area contributed by atoms with Gasteiger partial charge in [0.25, 0.3) is 0 Å². The van der Waals surface area contributed by atoms with E-state index >= 15 is 0 Å². The van der Waals surface area contributed by atoms with E-state index in [1.165, 1.54) is 6.07 Å². The molecule has 11 heteroatoms. The van der Waals surface area contributed by atoms with Gasteiger partial charge in [-0.25, -0.2) is 0 Å². The topological polar surface area (TPSA) is 43.4 Å². The van der Waals surface area contributed by atoms with Crippen LogP contribution in [0.2, 0.25) is 0 Å². The van der Waals surface area contributed by atoms with Gasteiger partial charge in [0.2, 0.25) is 0 Å². The summed E-state index contributed by atoms with van der Waals surface area (Å²) in [6.45, 7) is 0. The van der Waals surface area contributed by atoms with Gasteiger partial charge in [-0.05, 0) is 30.0 Å². The molecule has 1 aliphatic heterocycles. The number of hydrogen-bond acceptors (Lipinski definition) is 4. The summed E-state index contributed by atoms with van der Waals surface area (Å²) in [5.74, 6) is -2.30. The van der Waals surface area contributed by atoms with Crippen molar-refractivity contribution < 1.29 is 45.1 Å². The van der Waals surface area contributed by atoms with E-state index in [0.29, 0.717) is 0 Å². The molecule has 3 nitrogen and oxygen atoms in total. The molecule has 0 aliphatic carbocycles. The molecule has 160 valence electrons. The zero-order chi connectivity index (χ0) is 22.3. The minimum atomic E-state index is -4.79. The molecule has 0 atom stereocenters. The Morgan fingerprint density at radius 2 is 1.57 bits per heavy atom. The van der Waals surface area contributed by atoms with Crippen LogP contribution in [-0.4, -0.2) is 22.9 Å². The Labute approximate surface area is 169 Å². The molecule has 2 aromatic rings. The fraction of sp³-hybridized carbons (Fsp3) is 0.263. The summed E-state index contributed by atoms with van der Waals surface area (Å²) in [7, 11) is 0. The van der Waals surface area contributed by atoms with Crippen molar-refractivity contribution in [3.8, 4) is 5.75 Å². The van der Waals surface area contributed by atoms with Crippen LogP contribution in [0.4, 0.5) is 30.7 Å². The van der Waals surface area contributed by atoms with Gasteiger partial charge in [0.15, 0.2) is 11.6 Å². The molecule has 1 aliphatic rings. The van der Waals surface area contributed by atoms with E-state index in [2.05, 4.69) is 4.74 Å². The number of rotatable bonds is 5. The van der Waals surface area contributed by atoms with Crippen molar-refractivity contribution in [2.24, 2.45) is 0 Å². The molecule has 0 radical (unpaired) electrons. The lowest BCUT2D eigenvalue weighted by Gasteiger charge is -2.31. The number of halogens is 7. The first kappa shape index (κ1) is 22.1. The van der Waals surface area contributed by atoms with Gasteiger partial charge in [0.05, 0.1) is 10.5 Å². The highest BCUT2D eigenvalue weighted by Gasteiger charge is 2.63. The molecule has 0 fully saturated rings. The summed E-state index contributed by atoms with van der Waals surface area (Å²) in [5, 5.41) is -4.50. The number of benzene rings is 2. The lowest BCUT2D eigenvalue weighted by molar-refractivity contribution is -0.273. The monoisotopic (exact) mass is 452 g/mol.